The van der Waals surface area contributed by atoms with Gasteiger partial charge >= 0.3 is 11.9 Å². The minimum Gasteiger partial charge on any atom is -0.487 e. The van der Waals surface area contributed by atoms with Crippen molar-refractivity contribution in [2.24, 2.45) is 0 Å². The molecule has 2 saturated carbocycles. The van der Waals surface area contributed by atoms with Crippen molar-refractivity contribution in [2.75, 3.05) is 10.6 Å². The van der Waals surface area contributed by atoms with Crippen molar-refractivity contribution in [1.82, 2.24) is 0 Å². The molecule has 2 atom stereocenters. The molecular formula is C41H41Br4ClF2N2O6. The minimum absolute atomic E-state index is 0.194. The van der Waals surface area contributed by atoms with Gasteiger partial charge in [-0.2, -0.15) is 0 Å². The van der Waals surface area contributed by atoms with Crippen molar-refractivity contribution in [2.45, 2.75) is 95.9 Å². The number of halogens is 7. The third kappa shape index (κ3) is 13.1. The van der Waals surface area contributed by atoms with E-state index in [0.29, 0.717) is 70.8 Å². The summed E-state index contributed by atoms with van der Waals surface area (Å²) in [6, 6.07) is 19.9. The smallest absolute Gasteiger partial charge is 0.338 e. The maximum Gasteiger partial charge on any atom is 0.338 e. The van der Waals surface area contributed by atoms with E-state index in [9.17, 15) is 18.4 Å². The molecular weight excluding hydrogens is 1010 g/mol. The molecule has 8 nitrogen and oxygen atoms in total. The van der Waals surface area contributed by atoms with E-state index in [1.165, 1.54) is 44.1 Å². The van der Waals surface area contributed by atoms with E-state index in [4.69, 9.17) is 31.3 Å². The summed E-state index contributed by atoms with van der Waals surface area (Å²) in [7, 11) is 0. The number of rotatable bonds is 16. The molecule has 300 valence electrons. The fourth-order valence-electron chi connectivity index (χ4n) is 6.06. The summed E-state index contributed by atoms with van der Waals surface area (Å²) in [5.41, 5.74) is 6.36. The highest BCUT2D eigenvalue weighted by Crippen LogP contribution is 2.38. The quantitative estimate of drug-likeness (QED) is 0.0877. The minimum atomic E-state index is -1.95. The normalized spacial score (nSPS) is 15.0. The zero-order valence-electron chi connectivity index (χ0n) is 30.3. The van der Waals surface area contributed by atoms with Gasteiger partial charge in [-0.15, -0.1) is 0 Å². The number of carboxylic acid groups (broad SMARTS) is 2. The number of nitrogens with one attached hydrogen (secondary N) is 2. The van der Waals surface area contributed by atoms with E-state index in [1.54, 1.807) is 24.3 Å². The maximum absolute atomic E-state index is 13.5. The topological polar surface area (TPSA) is 117 Å². The van der Waals surface area contributed by atoms with Crippen molar-refractivity contribution in [3.8, 4) is 11.5 Å². The Hall–Kier alpha value is -2.91. The highest BCUT2D eigenvalue weighted by Gasteiger charge is 2.21. The van der Waals surface area contributed by atoms with Crippen molar-refractivity contribution in [3.63, 3.8) is 0 Å². The van der Waals surface area contributed by atoms with E-state index in [0.717, 1.165) is 22.5 Å². The number of ether oxygens (including phenoxy) is 2. The lowest BCUT2D eigenvalue weighted by molar-refractivity contribution is -0.143. The van der Waals surface area contributed by atoms with E-state index in [2.05, 4.69) is 99.5 Å². The second-order valence-corrected chi connectivity index (χ2v) is 17.8. The summed E-state index contributed by atoms with van der Waals surface area (Å²) in [5, 5.41) is 25.1. The molecule has 2 aliphatic rings. The molecule has 0 radical (unpaired) electrons. The zero-order valence-corrected chi connectivity index (χ0v) is 37.4. The van der Waals surface area contributed by atoms with Crippen LogP contribution in [0.4, 0.5) is 20.2 Å². The first kappa shape index (κ1) is 44.2. The van der Waals surface area contributed by atoms with Gasteiger partial charge < -0.3 is 30.3 Å². The molecule has 2 aliphatic carbocycles. The Kier molecular flexibility index (Phi) is 16.3. The highest BCUT2D eigenvalue weighted by atomic mass is 79.9. The van der Waals surface area contributed by atoms with Crippen LogP contribution in [0.2, 0.25) is 5.02 Å². The number of hydrogen-bond acceptors (Lipinski definition) is 6. The van der Waals surface area contributed by atoms with Crippen LogP contribution in [-0.2, 0) is 35.6 Å². The van der Waals surface area contributed by atoms with Crippen LogP contribution in [0, 0.1) is 6.92 Å². The van der Waals surface area contributed by atoms with Crippen LogP contribution in [0.1, 0.15) is 66.3 Å². The molecule has 0 heterocycles. The lowest BCUT2D eigenvalue weighted by Crippen LogP contribution is -2.27. The zero-order chi connectivity index (χ0) is 40.5. The number of anilines is 2. The first-order valence-electron chi connectivity index (χ1n) is 18.0. The Morgan fingerprint density at radius 3 is 1.43 bits per heavy atom. The maximum atomic E-state index is 13.5. The Balaban J connectivity index is 0.000000214. The van der Waals surface area contributed by atoms with E-state index < -0.39 is 24.3 Å². The van der Waals surface area contributed by atoms with E-state index >= 15 is 0 Å². The van der Waals surface area contributed by atoms with Crippen LogP contribution in [0.3, 0.4) is 0 Å². The van der Waals surface area contributed by atoms with Crippen LogP contribution in [0.15, 0.2) is 78.6 Å². The molecule has 0 aliphatic heterocycles. The number of alkyl halides is 2. The predicted molar refractivity (Wildman–Crippen MR) is 230 cm³/mol. The van der Waals surface area contributed by atoms with Gasteiger partial charge in [0.2, 0.25) is 12.3 Å². The van der Waals surface area contributed by atoms with Gasteiger partial charge in [0.1, 0.15) is 24.7 Å². The summed E-state index contributed by atoms with van der Waals surface area (Å²) in [6.45, 7) is 2.75. The highest BCUT2D eigenvalue weighted by molar-refractivity contribution is 9.11. The summed E-state index contributed by atoms with van der Waals surface area (Å²) < 4.78 is 41.4. The van der Waals surface area contributed by atoms with Crippen molar-refractivity contribution in [3.05, 3.63) is 111 Å². The first-order valence-corrected chi connectivity index (χ1v) is 21.6. The van der Waals surface area contributed by atoms with Crippen LogP contribution in [0.25, 0.3) is 0 Å². The molecule has 0 spiro atoms. The standard InChI is InChI=1S/C21H22Br2FNO3.C20H19Br2ClFNO3/c1-12-5-14(7-16(6-12)25-15-3-2-4-15)11-28-20-17(22)8-13(9-18(20)23)10-19(24)21(26)27;21-16-6-11(8-18(24)20(26)27)7-17(22)19(16)28-10-12-4-13(23)9-15(5-12)25-14-2-1-3-14/h5-9,15,19,25H,2-4,10-11H2,1H3,(H,26,27);4-7,9,14,18,25H,1-3,8,10H2,(H,26,27). The predicted octanol–water partition coefficient (Wildman–Crippen LogP) is 12.4. The van der Waals surface area contributed by atoms with E-state index in [1.807, 2.05) is 18.2 Å². The van der Waals surface area contributed by atoms with E-state index in [-0.39, 0.29) is 12.8 Å². The Morgan fingerprint density at radius 1 is 0.661 bits per heavy atom. The summed E-state index contributed by atoms with van der Waals surface area (Å²) >= 11 is 19.9. The molecule has 2 unspecified atom stereocenters. The van der Waals surface area contributed by atoms with Gasteiger partial charge in [0, 0.05) is 41.3 Å². The Labute approximate surface area is 363 Å². The van der Waals surface area contributed by atoms with Gasteiger partial charge in [-0.25, -0.2) is 18.4 Å². The number of carboxylic acids is 2. The number of aryl methyl sites for hydroxylation is 1. The van der Waals surface area contributed by atoms with Gasteiger partial charge in [-0.1, -0.05) is 17.7 Å². The number of benzene rings is 4. The van der Waals surface area contributed by atoms with Gasteiger partial charge in [0.05, 0.1) is 17.9 Å². The molecule has 2 fully saturated rings. The van der Waals surface area contributed by atoms with Gasteiger partial charge in [0.25, 0.3) is 0 Å². The molecule has 6 rings (SSSR count). The monoisotopic (exact) mass is 1050 g/mol. The van der Waals surface area contributed by atoms with Crippen LogP contribution in [-0.4, -0.2) is 46.6 Å². The SMILES string of the molecule is Cc1cc(COc2c(Br)cc(CC(F)C(=O)O)cc2Br)cc(NC2CCC2)c1.O=C(O)C(F)Cc1cc(Br)c(OCc2cc(Cl)cc(NC3CCC3)c2)c(Br)c1. The number of hydrogen-bond donors (Lipinski definition) is 4. The molecule has 0 saturated heterocycles. The Morgan fingerprint density at radius 2 is 1.05 bits per heavy atom. The molecule has 4 N–H and O–H groups in total. The Bertz CT molecular complexity index is 1850. The molecule has 56 heavy (non-hydrogen) atoms. The third-order valence-electron chi connectivity index (χ3n) is 9.29. The van der Waals surface area contributed by atoms with Crippen LogP contribution in [0.5, 0.6) is 11.5 Å². The number of aliphatic carboxylic acids is 2. The molecule has 4 aromatic carbocycles. The molecule has 4 aromatic rings. The van der Waals surface area contributed by atoms with Crippen molar-refractivity contribution in [1.29, 1.82) is 0 Å². The molecule has 0 amide bonds. The fraction of sp³-hybridized carbons (Fsp3) is 0.366. The molecule has 0 bridgehead atoms. The van der Waals surface area contributed by atoms with Gasteiger partial charge in [0.15, 0.2) is 0 Å². The lowest BCUT2D eigenvalue weighted by Gasteiger charge is -2.28. The van der Waals surface area contributed by atoms with Gasteiger partial charge in [-0.3, -0.25) is 0 Å². The van der Waals surface area contributed by atoms with Crippen molar-refractivity contribution >= 4 is 98.6 Å². The molecule has 15 heteroatoms. The third-order valence-corrected chi connectivity index (χ3v) is 11.9. The average Bonchev–Trinajstić information content (AvgIpc) is 3.07. The summed E-state index contributed by atoms with van der Waals surface area (Å²) in [6.07, 6.45) is 3.03. The van der Waals surface area contributed by atoms with Crippen LogP contribution < -0.4 is 20.1 Å². The second kappa shape index (κ2) is 20.7. The van der Waals surface area contributed by atoms with Crippen molar-refractivity contribution < 1.29 is 38.1 Å². The average molecular weight is 1050 g/mol. The summed E-state index contributed by atoms with van der Waals surface area (Å²) in [5.74, 6) is -1.77. The first-order chi connectivity index (χ1) is 26.6. The largest absolute Gasteiger partial charge is 0.487 e. The van der Waals surface area contributed by atoms with Crippen LogP contribution >= 0.6 is 75.3 Å². The van der Waals surface area contributed by atoms with Gasteiger partial charge in [-0.05, 0) is 192 Å². The summed E-state index contributed by atoms with van der Waals surface area (Å²) in [4.78, 5) is 21.4. The lowest BCUT2D eigenvalue weighted by atomic mass is 9.93. The number of carbonyl (C=O) groups is 2. The molecule has 0 aromatic heterocycles. The second-order valence-electron chi connectivity index (χ2n) is 14.0. The fourth-order valence-corrected chi connectivity index (χ4v) is 9.34.